The van der Waals surface area contributed by atoms with Gasteiger partial charge in [0.1, 0.15) is 11.8 Å². The Hall–Kier alpha value is -2.31. The van der Waals surface area contributed by atoms with Crippen LogP contribution in [0.5, 0.6) is 0 Å². The number of amides is 1. The van der Waals surface area contributed by atoms with Crippen molar-refractivity contribution < 1.29 is 14.6 Å². The molecule has 3 aliphatic heterocycles. The lowest BCUT2D eigenvalue weighted by Gasteiger charge is -2.62. The summed E-state index contributed by atoms with van der Waals surface area (Å²) in [5, 5.41) is 14.7. The smallest absolute Gasteiger partial charge is 0.276 e. The first-order chi connectivity index (χ1) is 13.5. The van der Waals surface area contributed by atoms with Crippen LogP contribution in [0.25, 0.3) is 0 Å². The standard InChI is InChI=1S/C22H29N3O3/c1-4-13-22-14-8-11-17(16-9-6-5-7-10-16)25(22)24-15-12-18(26)20(28-3)19(24)21(27)23(22)2/h5-7,9-10,12,15,17-18,26H,4,8,11,13-14H2,1-3H3. The van der Waals surface area contributed by atoms with E-state index in [1.165, 1.54) is 12.7 Å². The summed E-state index contributed by atoms with van der Waals surface area (Å²) in [6.07, 6.45) is 7.48. The molecule has 0 saturated carbocycles. The first kappa shape index (κ1) is 19.0. The van der Waals surface area contributed by atoms with E-state index in [4.69, 9.17) is 4.74 Å². The Morgan fingerprint density at radius 3 is 2.71 bits per heavy atom. The molecule has 1 N–H and O–H groups in total. The maximum Gasteiger partial charge on any atom is 0.276 e. The van der Waals surface area contributed by atoms with E-state index in [0.717, 1.165) is 32.1 Å². The van der Waals surface area contributed by atoms with Crippen molar-refractivity contribution in [1.29, 1.82) is 0 Å². The van der Waals surface area contributed by atoms with E-state index in [-0.39, 0.29) is 17.6 Å². The number of aliphatic hydroxyl groups excluding tert-OH is 1. The molecule has 6 nitrogen and oxygen atoms in total. The third-order valence-electron chi connectivity index (χ3n) is 6.34. The minimum Gasteiger partial charge on any atom is -0.496 e. The third kappa shape index (κ3) is 2.66. The van der Waals surface area contributed by atoms with E-state index in [9.17, 15) is 9.90 Å². The number of ether oxygens (including phenoxy) is 1. The summed E-state index contributed by atoms with van der Waals surface area (Å²) in [6, 6.07) is 10.6. The molecule has 6 heteroatoms. The van der Waals surface area contributed by atoms with Gasteiger partial charge in [0.25, 0.3) is 5.91 Å². The number of carbonyl (C=O) groups excluding carboxylic acids is 1. The number of hydrazine groups is 1. The number of nitrogens with zero attached hydrogens (tertiary/aromatic N) is 3. The molecule has 28 heavy (non-hydrogen) atoms. The summed E-state index contributed by atoms with van der Waals surface area (Å²) >= 11 is 0. The van der Waals surface area contributed by atoms with E-state index in [1.54, 1.807) is 6.08 Å². The minimum absolute atomic E-state index is 0.0985. The molecule has 3 aliphatic rings. The third-order valence-corrected chi connectivity index (χ3v) is 6.34. The molecule has 3 heterocycles. The van der Waals surface area contributed by atoms with Crippen LogP contribution >= 0.6 is 0 Å². The predicted molar refractivity (Wildman–Crippen MR) is 106 cm³/mol. The van der Waals surface area contributed by atoms with Crippen molar-refractivity contribution in [2.75, 3.05) is 14.2 Å². The van der Waals surface area contributed by atoms with Gasteiger partial charge in [0.05, 0.1) is 13.2 Å². The van der Waals surface area contributed by atoms with Gasteiger partial charge in [0, 0.05) is 13.2 Å². The summed E-state index contributed by atoms with van der Waals surface area (Å²) in [6.45, 7) is 2.17. The average molecular weight is 383 g/mol. The number of hydrogen-bond donors (Lipinski definition) is 1. The van der Waals surface area contributed by atoms with Crippen LogP contribution in [-0.4, -0.2) is 51.9 Å². The van der Waals surface area contributed by atoms with Crippen LogP contribution in [0.3, 0.4) is 0 Å². The van der Waals surface area contributed by atoms with Crippen molar-refractivity contribution in [3.8, 4) is 0 Å². The van der Waals surface area contributed by atoms with Crippen molar-refractivity contribution in [1.82, 2.24) is 14.9 Å². The maximum absolute atomic E-state index is 13.4. The van der Waals surface area contributed by atoms with Crippen LogP contribution in [0.1, 0.15) is 50.6 Å². The summed E-state index contributed by atoms with van der Waals surface area (Å²) < 4.78 is 5.47. The minimum atomic E-state index is -0.910. The SMILES string of the molecule is CCCC12CCCC(c3ccccc3)N1N1C=CC(O)C(OC)=C1C(=O)N2C. The zero-order chi connectivity index (χ0) is 19.9. The van der Waals surface area contributed by atoms with Crippen LogP contribution < -0.4 is 0 Å². The molecular weight excluding hydrogens is 354 g/mol. The molecule has 1 amide bonds. The predicted octanol–water partition coefficient (Wildman–Crippen LogP) is 3.15. The zero-order valence-electron chi connectivity index (χ0n) is 16.8. The normalized spacial score (nSPS) is 30.4. The number of hydrogen-bond acceptors (Lipinski definition) is 5. The Morgan fingerprint density at radius 1 is 1.29 bits per heavy atom. The van der Waals surface area contributed by atoms with E-state index in [1.807, 2.05) is 29.2 Å². The molecule has 2 fully saturated rings. The van der Waals surface area contributed by atoms with E-state index >= 15 is 0 Å². The second-order valence-corrected chi connectivity index (χ2v) is 7.81. The van der Waals surface area contributed by atoms with Crippen LogP contribution in [-0.2, 0) is 9.53 Å². The van der Waals surface area contributed by atoms with Crippen molar-refractivity contribution in [3.63, 3.8) is 0 Å². The van der Waals surface area contributed by atoms with Gasteiger partial charge in [-0.15, -0.1) is 0 Å². The summed E-state index contributed by atoms with van der Waals surface area (Å²) in [5.74, 6) is 0.209. The molecule has 3 atom stereocenters. The highest BCUT2D eigenvalue weighted by molar-refractivity contribution is 5.95. The number of likely N-dealkylation sites (N-methyl/N-ethyl adjacent to an activating group) is 1. The highest BCUT2D eigenvalue weighted by Crippen LogP contribution is 2.50. The molecular formula is C22H29N3O3. The number of carbonyl (C=O) groups is 1. The Morgan fingerprint density at radius 2 is 2.04 bits per heavy atom. The highest BCUT2D eigenvalue weighted by Gasteiger charge is 2.56. The van der Waals surface area contributed by atoms with E-state index < -0.39 is 6.10 Å². The lowest BCUT2D eigenvalue weighted by Crippen LogP contribution is -2.72. The first-order valence-corrected chi connectivity index (χ1v) is 10.1. The molecule has 0 bridgehead atoms. The molecule has 150 valence electrons. The summed E-state index contributed by atoms with van der Waals surface area (Å²) in [5.41, 5.74) is 1.26. The Bertz CT molecular complexity index is 803. The number of methoxy groups -OCH3 is 1. The van der Waals surface area contributed by atoms with Crippen molar-refractivity contribution in [2.45, 2.75) is 56.8 Å². The van der Waals surface area contributed by atoms with Crippen LogP contribution in [0.15, 0.2) is 54.1 Å². The fourth-order valence-electron chi connectivity index (χ4n) is 5.09. The Balaban J connectivity index is 1.90. The average Bonchev–Trinajstić information content (AvgIpc) is 2.72. The van der Waals surface area contributed by atoms with Gasteiger partial charge in [-0.3, -0.25) is 9.80 Å². The fraction of sp³-hybridized carbons (Fsp3) is 0.500. The van der Waals surface area contributed by atoms with Gasteiger partial charge in [0.15, 0.2) is 11.5 Å². The van der Waals surface area contributed by atoms with Crippen LogP contribution in [0.2, 0.25) is 0 Å². The number of rotatable bonds is 4. The van der Waals surface area contributed by atoms with Gasteiger partial charge in [-0.05, 0) is 37.3 Å². The molecule has 1 aromatic carbocycles. The van der Waals surface area contributed by atoms with Crippen molar-refractivity contribution >= 4 is 5.91 Å². The van der Waals surface area contributed by atoms with Gasteiger partial charge in [0.2, 0.25) is 0 Å². The Kier molecular flexibility index (Phi) is 4.93. The molecule has 0 spiro atoms. The van der Waals surface area contributed by atoms with Gasteiger partial charge in [-0.2, -0.15) is 5.01 Å². The largest absolute Gasteiger partial charge is 0.496 e. The number of aliphatic hydroxyl groups is 1. The topological polar surface area (TPSA) is 56.2 Å². The quantitative estimate of drug-likeness (QED) is 0.866. The van der Waals surface area contributed by atoms with Gasteiger partial charge >= 0.3 is 0 Å². The van der Waals surface area contributed by atoms with Crippen LogP contribution in [0.4, 0.5) is 0 Å². The lowest BCUT2D eigenvalue weighted by molar-refractivity contribution is -0.220. The molecule has 4 rings (SSSR count). The van der Waals surface area contributed by atoms with Gasteiger partial charge in [-0.25, -0.2) is 0 Å². The molecule has 3 unspecified atom stereocenters. The van der Waals surface area contributed by atoms with Crippen molar-refractivity contribution in [2.24, 2.45) is 0 Å². The molecule has 1 aromatic rings. The Labute approximate surface area is 166 Å². The monoisotopic (exact) mass is 383 g/mol. The zero-order valence-corrected chi connectivity index (χ0v) is 16.8. The second-order valence-electron chi connectivity index (χ2n) is 7.81. The van der Waals surface area contributed by atoms with Crippen molar-refractivity contribution in [3.05, 3.63) is 59.6 Å². The highest BCUT2D eigenvalue weighted by atomic mass is 16.5. The molecule has 2 saturated heterocycles. The van der Waals surface area contributed by atoms with E-state index in [0.29, 0.717) is 11.5 Å². The molecule has 0 radical (unpaired) electrons. The summed E-state index contributed by atoms with van der Waals surface area (Å²) in [7, 11) is 3.40. The lowest BCUT2D eigenvalue weighted by atomic mass is 9.83. The maximum atomic E-state index is 13.4. The number of benzene rings is 1. The van der Waals surface area contributed by atoms with Gasteiger partial charge < -0.3 is 14.7 Å². The number of piperidine rings is 1. The second kappa shape index (κ2) is 7.26. The van der Waals surface area contributed by atoms with Crippen LogP contribution in [0, 0.1) is 0 Å². The van der Waals surface area contributed by atoms with Gasteiger partial charge in [-0.1, -0.05) is 43.7 Å². The molecule has 0 aromatic heterocycles. The number of fused-ring (bicyclic) bond motifs is 3. The molecule has 0 aliphatic carbocycles. The van der Waals surface area contributed by atoms with E-state index in [2.05, 4.69) is 36.2 Å². The fourth-order valence-corrected chi connectivity index (χ4v) is 5.09. The first-order valence-electron chi connectivity index (χ1n) is 10.1. The summed E-state index contributed by atoms with van der Waals surface area (Å²) in [4.78, 5) is 15.3.